The number of aliphatic carboxylic acids is 1. The highest BCUT2D eigenvalue weighted by atomic mass is 16.5. The SMILES string of the molecule is COc1c(C)c(C/C=C(\C)CC/C=C(\C)CC/C=C(\C)CC/C=C(/C)C(=O)O)c(O)c(OC)c1OC. The van der Waals surface area contributed by atoms with Gasteiger partial charge in [0.1, 0.15) is 0 Å². The van der Waals surface area contributed by atoms with Gasteiger partial charge >= 0.3 is 5.97 Å². The van der Waals surface area contributed by atoms with Crippen LogP contribution in [0.5, 0.6) is 23.0 Å². The van der Waals surface area contributed by atoms with Gasteiger partial charge in [-0.15, -0.1) is 0 Å². The van der Waals surface area contributed by atoms with Crippen molar-refractivity contribution in [3.8, 4) is 23.0 Å². The van der Waals surface area contributed by atoms with E-state index in [-0.39, 0.29) is 11.5 Å². The van der Waals surface area contributed by atoms with E-state index < -0.39 is 5.97 Å². The van der Waals surface area contributed by atoms with Crippen LogP contribution in [-0.2, 0) is 11.2 Å². The van der Waals surface area contributed by atoms with Gasteiger partial charge in [0.05, 0.1) is 21.3 Å². The molecule has 0 heterocycles. The molecular formula is C30H44O6. The Balaban J connectivity index is 2.64. The lowest BCUT2D eigenvalue weighted by molar-refractivity contribution is -0.132. The lowest BCUT2D eigenvalue weighted by atomic mass is 9.99. The molecular weight excluding hydrogens is 456 g/mol. The number of rotatable bonds is 15. The average molecular weight is 501 g/mol. The Kier molecular flexibility index (Phi) is 13.5. The molecule has 0 saturated carbocycles. The summed E-state index contributed by atoms with van der Waals surface area (Å²) in [5.74, 6) is 0.495. The lowest BCUT2D eigenvalue weighted by Crippen LogP contribution is -2.01. The Hall–Kier alpha value is -3.15. The van der Waals surface area contributed by atoms with Crippen molar-refractivity contribution >= 4 is 5.97 Å². The summed E-state index contributed by atoms with van der Waals surface area (Å²) in [5, 5.41) is 19.6. The van der Waals surface area contributed by atoms with Crippen LogP contribution in [0.15, 0.2) is 46.6 Å². The zero-order valence-electron chi connectivity index (χ0n) is 23.3. The summed E-state index contributed by atoms with van der Waals surface area (Å²) in [6.07, 6.45) is 14.6. The van der Waals surface area contributed by atoms with Gasteiger partial charge in [0.15, 0.2) is 11.5 Å². The van der Waals surface area contributed by atoms with Crippen molar-refractivity contribution < 1.29 is 29.2 Å². The van der Waals surface area contributed by atoms with Gasteiger partial charge in [0.2, 0.25) is 11.5 Å². The summed E-state index contributed by atoms with van der Waals surface area (Å²) in [6.45, 7) is 9.92. The van der Waals surface area contributed by atoms with Crippen molar-refractivity contribution in [2.75, 3.05) is 21.3 Å². The number of phenols is 1. The molecule has 200 valence electrons. The molecule has 0 atom stereocenters. The fourth-order valence-electron chi connectivity index (χ4n) is 3.98. The number of ether oxygens (including phenoxy) is 3. The minimum atomic E-state index is -0.850. The quantitative estimate of drug-likeness (QED) is 0.192. The maximum atomic E-state index is 10.8. The van der Waals surface area contributed by atoms with E-state index in [2.05, 4.69) is 39.0 Å². The van der Waals surface area contributed by atoms with E-state index in [0.717, 1.165) is 49.7 Å². The van der Waals surface area contributed by atoms with Crippen molar-refractivity contribution in [1.29, 1.82) is 0 Å². The van der Waals surface area contributed by atoms with Crippen LogP contribution in [-0.4, -0.2) is 37.5 Å². The molecule has 1 aromatic carbocycles. The smallest absolute Gasteiger partial charge is 0.330 e. The van der Waals surface area contributed by atoms with E-state index in [4.69, 9.17) is 19.3 Å². The van der Waals surface area contributed by atoms with E-state index in [1.54, 1.807) is 20.1 Å². The number of hydrogen-bond donors (Lipinski definition) is 2. The molecule has 0 radical (unpaired) electrons. The molecule has 1 rings (SSSR count). The van der Waals surface area contributed by atoms with Gasteiger partial charge in [-0.2, -0.15) is 0 Å². The van der Waals surface area contributed by atoms with Crippen molar-refractivity contribution in [3.63, 3.8) is 0 Å². The van der Waals surface area contributed by atoms with Crippen molar-refractivity contribution in [1.82, 2.24) is 0 Å². The number of carboxylic acid groups (broad SMARTS) is 1. The Morgan fingerprint density at radius 1 is 0.722 bits per heavy atom. The molecule has 36 heavy (non-hydrogen) atoms. The first-order valence-corrected chi connectivity index (χ1v) is 12.4. The summed E-state index contributed by atoms with van der Waals surface area (Å²) in [6, 6.07) is 0. The van der Waals surface area contributed by atoms with E-state index in [0.29, 0.717) is 23.5 Å². The lowest BCUT2D eigenvalue weighted by Gasteiger charge is -2.19. The summed E-state index contributed by atoms with van der Waals surface area (Å²) in [7, 11) is 4.61. The number of benzene rings is 1. The van der Waals surface area contributed by atoms with E-state index in [1.165, 1.54) is 30.9 Å². The number of allylic oxidation sites excluding steroid dienone is 7. The third-order valence-corrected chi connectivity index (χ3v) is 6.36. The van der Waals surface area contributed by atoms with Gasteiger partial charge in [-0.25, -0.2) is 4.79 Å². The van der Waals surface area contributed by atoms with Gasteiger partial charge in [-0.05, 0) is 79.6 Å². The predicted octanol–water partition coefficient (Wildman–Crippen LogP) is 7.48. The molecule has 0 aliphatic rings. The van der Waals surface area contributed by atoms with Gasteiger partial charge in [-0.3, -0.25) is 0 Å². The van der Waals surface area contributed by atoms with Crippen LogP contribution in [0.25, 0.3) is 0 Å². The van der Waals surface area contributed by atoms with Crippen LogP contribution < -0.4 is 14.2 Å². The minimum absolute atomic E-state index is 0.0869. The Morgan fingerprint density at radius 3 is 1.61 bits per heavy atom. The minimum Gasteiger partial charge on any atom is -0.504 e. The van der Waals surface area contributed by atoms with Crippen LogP contribution >= 0.6 is 0 Å². The molecule has 1 aromatic rings. The van der Waals surface area contributed by atoms with Crippen LogP contribution in [0.3, 0.4) is 0 Å². The molecule has 0 spiro atoms. The summed E-state index contributed by atoms with van der Waals surface area (Å²) < 4.78 is 16.3. The second-order valence-electron chi connectivity index (χ2n) is 9.22. The topological polar surface area (TPSA) is 85.2 Å². The number of carbonyl (C=O) groups is 1. The maximum absolute atomic E-state index is 10.8. The predicted molar refractivity (Wildman–Crippen MR) is 147 cm³/mol. The highest BCUT2D eigenvalue weighted by Gasteiger charge is 2.23. The van der Waals surface area contributed by atoms with Crippen LogP contribution in [0, 0.1) is 6.92 Å². The monoisotopic (exact) mass is 500 g/mol. The number of hydrogen-bond acceptors (Lipinski definition) is 5. The molecule has 0 aromatic heterocycles. The summed E-state index contributed by atoms with van der Waals surface area (Å²) >= 11 is 0. The van der Waals surface area contributed by atoms with Gasteiger partial charge in [-0.1, -0.05) is 41.0 Å². The van der Waals surface area contributed by atoms with Gasteiger partial charge in [0.25, 0.3) is 0 Å². The molecule has 0 aliphatic heterocycles. The van der Waals surface area contributed by atoms with Crippen molar-refractivity contribution in [2.24, 2.45) is 0 Å². The molecule has 0 saturated heterocycles. The van der Waals surface area contributed by atoms with Crippen molar-refractivity contribution in [3.05, 3.63) is 57.7 Å². The highest BCUT2D eigenvalue weighted by Crippen LogP contribution is 2.49. The number of carboxylic acids is 1. The third kappa shape index (κ3) is 9.48. The van der Waals surface area contributed by atoms with Gasteiger partial charge < -0.3 is 24.4 Å². The Morgan fingerprint density at radius 2 is 1.17 bits per heavy atom. The van der Waals surface area contributed by atoms with E-state index in [1.807, 2.05) is 6.92 Å². The zero-order valence-corrected chi connectivity index (χ0v) is 23.3. The third-order valence-electron chi connectivity index (χ3n) is 6.36. The second-order valence-corrected chi connectivity index (χ2v) is 9.22. The summed E-state index contributed by atoms with van der Waals surface area (Å²) in [5.41, 5.74) is 5.93. The van der Waals surface area contributed by atoms with Crippen molar-refractivity contribution in [2.45, 2.75) is 79.6 Å². The van der Waals surface area contributed by atoms with Crippen LogP contribution in [0.1, 0.15) is 77.3 Å². The normalized spacial score (nSPS) is 13.1. The Bertz CT molecular complexity index is 980. The number of methoxy groups -OCH3 is 3. The molecule has 0 bridgehead atoms. The Labute approximate surface area is 217 Å². The average Bonchev–Trinajstić information content (AvgIpc) is 2.83. The molecule has 6 nitrogen and oxygen atoms in total. The molecule has 2 N–H and O–H groups in total. The molecule has 0 unspecified atom stereocenters. The van der Waals surface area contributed by atoms with Gasteiger partial charge in [0, 0.05) is 16.7 Å². The van der Waals surface area contributed by atoms with E-state index in [9.17, 15) is 9.90 Å². The molecule has 6 heteroatoms. The second kappa shape index (κ2) is 15.8. The largest absolute Gasteiger partial charge is 0.504 e. The molecule has 0 fully saturated rings. The number of phenolic OH excluding ortho intramolecular Hbond substituents is 1. The first-order valence-electron chi connectivity index (χ1n) is 12.4. The first kappa shape index (κ1) is 30.9. The summed E-state index contributed by atoms with van der Waals surface area (Å²) in [4.78, 5) is 10.8. The van der Waals surface area contributed by atoms with E-state index >= 15 is 0 Å². The standard InChI is InChI=1S/C30H44O6/c1-20(12-9-13-21(2)16-11-17-23(4)30(32)33)14-10-15-22(3)18-19-25-24(5)27(34-6)29(36-8)28(35-7)26(25)31/h13-14,17-18,31H,9-12,15-16,19H2,1-8H3,(H,32,33)/b20-14+,21-13+,22-18+,23-17-. The zero-order chi connectivity index (χ0) is 27.3. The molecule has 0 amide bonds. The van der Waals surface area contributed by atoms with Crippen LogP contribution in [0.4, 0.5) is 0 Å². The first-order chi connectivity index (χ1) is 17.1. The highest BCUT2D eigenvalue weighted by molar-refractivity contribution is 5.85. The maximum Gasteiger partial charge on any atom is 0.330 e. The number of aromatic hydroxyl groups is 1. The molecule has 0 aliphatic carbocycles. The fourth-order valence-corrected chi connectivity index (χ4v) is 3.98. The van der Waals surface area contributed by atoms with Crippen LogP contribution in [0.2, 0.25) is 0 Å². The fraction of sp³-hybridized carbons (Fsp3) is 0.500.